The van der Waals surface area contributed by atoms with Crippen LogP contribution in [0.15, 0.2) is 30.5 Å². The highest BCUT2D eigenvalue weighted by molar-refractivity contribution is 5.61. The number of nitro benzene ring substituents is 1. The molecule has 19 heavy (non-hydrogen) atoms. The van der Waals surface area contributed by atoms with E-state index in [9.17, 15) is 10.1 Å². The minimum absolute atomic E-state index is 0.0404. The molecular weight excluding hydrogens is 246 g/mol. The van der Waals surface area contributed by atoms with Gasteiger partial charge in [-0.25, -0.2) is 9.97 Å². The largest absolute Gasteiger partial charge is 0.398 e. The van der Waals surface area contributed by atoms with Gasteiger partial charge in [-0.3, -0.25) is 10.1 Å². The van der Waals surface area contributed by atoms with Gasteiger partial charge < -0.3 is 11.1 Å². The number of nitrogens with zero attached hydrogens (tertiary/aromatic N) is 3. The van der Waals surface area contributed by atoms with Gasteiger partial charge in [0.1, 0.15) is 5.82 Å². The van der Waals surface area contributed by atoms with Crippen LogP contribution in [-0.2, 0) is 6.54 Å². The zero-order valence-corrected chi connectivity index (χ0v) is 10.3. The van der Waals surface area contributed by atoms with E-state index in [2.05, 4.69) is 15.3 Å². The number of hydrogen-bond acceptors (Lipinski definition) is 6. The Kier molecular flexibility index (Phi) is 3.56. The van der Waals surface area contributed by atoms with Gasteiger partial charge in [0.15, 0.2) is 0 Å². The van der Waals surface area contributed by atoms with E-state index < -0.39 is 4.92 Å². The number of hydrogen-bond donors (Lipinski definition) is 2. The second kappa shape index (κ2) is 5.30. The van der Waals surface area contributed by atoms with Crippen molar-refractivity contribution in [3.05, 3.63) is 52.1 Å². The van der Waals surface area contributed by atoms with E-state index in [1.807, 2.05) is 0 Å². The molecule has 0 aliphatic rings. The first-order valence-corrected chi connectivity index (χ1v) is 5.62. The number of non-ortho nitro benzene ring substituents is 1. The fraction of sp³-hybridized carbons (Fsp3) is 0.167. The Bertz CT molecular complexity index is 615. The van der Waals surface area contributed by atoms with Gasteiger partial charge in [0, 0.05) is 29.7 Å². The maximum absolute atomic E-state index is 10.7. The normalized spacial score (nSPS) is 10.2. The van der Waals surface area contributed by atoms with Gasteiger partial charge in [0.25, 0.3) is 5.69 Å². The van der Waals surface area contributed by atoms with Gasteiger partial charge in [-0.05, 0) is 19.1 Å². The Morgan fingerprint density at radius 1 is 1.42 bits per heavy atom. The first kappa shape index (κ1) is 12.7. The van der Waals surface area contributed by atoms with Crippen molar-refractivity contribution in [1.29, 1.82) is 0 Å². The van der Waals surface area contributed by atoms with Crippen molar-refractivity contribution in [2.75, 3.05) is 11.1 Å². The van der Waals surface area contributed by atoms with Gasteiger partial charge in [0.2, 0.25) is 0 Å². The molecule has 0 spiro atoms. The molecule has 1 heterocycles. The molecular formula is C12H13N5O2. The van der Waals surface area contributed by atoms with Crippen LogP contribution >= 0.6 is 0 Å². The smallest absolute Gasteiger partial charge is 0.273 e. The molecule has 0 aliphatic heterocycles. The highest BCUT2D eigenvalue weighted by Crippen LogP contribution is 2.22. The molecule has 0 fully saturated rings. The van der Waals surface area contributed by atoms with Crippen molar-refractivity contribution < 1.29 is 4.92 Å². The molecule has 2 aromatic rings. The van der Waals surface area contributed by atoms with Crippen LogP contribution < -0.4 is 11.1 Å². The Labute approximate surface area is 109 Å². The third-order valence-electron chi connectivity index (χ3n) is 2.46. The quantitative estimate of drug-likeness (QED) is 0.493. The van der Waals surface area contributed by atoms with Crippen LogP contribution in [0.5, 0.6) is 0 Å². The molecule has 2 rings (SSSR count). The van der Waals surface area contributed by atoms with Crippen LogP contribution in [0, 0.1) is 17.0 Å². The van der Waals surface area contributed by atoms with Crippen LogP contribution in [0.3, 0.4) is 0 Å². The predicted molar refractivity (Wildman–Crippen MR) is 71.6 cm³/mol. The Morgan fingerprint density at radius 3 is 2.89 bits per heavy atom. The van der Waals surface area contributed by atoms with Crippen LogP contribution in [-0.4, -0.2) is 14.9 Å². The van der Waals surface area contributed by atoms with Crippen molar-refractivity contribution in [2.45, 2.75) is 13.5 Å². The molecule has 7 nitrogen and oxygen atoms in total. The fourth-order valence-electron chi connectivity index (χ4n) is 1.64. The highest BCUT2D eigenvalue weighted by atomic mass is 16.6. The number of nitrogen functional groups attached to an aromatic ring is 1. The number of nitrogens with two attached hydrogens (primary N) is 1. The van der Waals surface area contributed by atoms with E-state index in [4.69, 9.17) is 5.73 Å². The molecule has 0 saturated carbocycles. The first-order chi connectivity index (χ1) is 9.04. The number of nitrogens with one attached hydrogen (secondary N) is 1. The summed E-state index contributed by atoms with van der Waals surface area (Å²) in [6.45, 7) is 2.25. The Balaban J connectivity index is 2.13. The summed E-state index contributed by atoms with van der Waals surface area (Å²) in [4.78, 5) is 18.5. The fourth-order valence-corrected chi connectivity index (χ4v) is 1.64. The summed E-state index contributed by atoms with van der Waals surface area (Å²) in [5.74, 6) is 0.679. The lowest BCUT2D eigenvalue weighted by molar-refractivity contribution is -0.384. The molecule has 98 valence electrons. The van der Waals surface area contributed by atoms with Gasteiger partial charge in [-0.2, -0.15) is 0 Å². The van der Waals surface area contributed by atoms with Crippen LogP contribution in [0.4, 0.5) is 17.1 Å². The Hall–Kier alpha value is -2.70. The van der Waals surface area contributed by atoms with Gasteiger partial charge in [0.05, 0.1) is 17.2 Å². The number of nitro groups is 1. The summed E-state index contributed by atoms with van der Waals surface area (Å²) >= 11 is 0. The SMILES string of the molecule is Cc1nccc(CNc2cc(N)cc([N+](=O)[O-])c2)n1. The zero-order valence-electron chi connectivity index (χ0n) is 10.3. The molecule has 0 radical (unpaired) electrons. The van der Waals surface area contributed by atoms with Crippen LogP contribution in [0.1, 0.15) is 11.5 Å². The molecule has 0 atom stereocenters. The lowest BCUT2D eigenvalue weighted by Crippen LogP contribution is -2.04. The molecule has 3 N–H and O–H groups in total. The van der Waals surface area contributed by atoms with E-state index in [0.717, 1.165) is 5.69 Å². The molecule has 0 saturated heterocycles. The molecule has 1 aromatic carbocycles. The predicted octanol–water partition coefficient (Wildman–Crippen LogP) is 1.89. The number of aryl methyl sites for hydroxylation is 1. The zero-order chi connectivity index (χ0) is 13.8. The monoisotopic (exact) mass is 259 g/mol. The summed E-state index contributed by atoms with van der Waals surface area (Å²) < 4.78 is 0. The summed E-state index contributed by atoms with van der Waals surface area (Å²) in [7, 11) is 0. The summed E-state index contributed by atoms with van der Waals surface area (Å²) in [6, 6.07) is 6.17. The van der Waals surface area contributed by atoms with Gasteiger partial charge in [-0.15, -0.1) is 0 Å². The van der Waals surface area contributed by atoms with E-state index in [1.165, 1.54) is 12.1 Å². The van der Waals surface area contributed by atoms with E-state index in [-0.39, 0.29) is 5.69 Å². The van der Waals surface area contributed by atoms with Crippen molar-refractivity contribution in [3.63, 3.8) is 0 Å². The van der Waals surface area contributed by atoms with E-state index in [1.54, 1.807) is 25.3 Å². The van der Waals surface area contributed by atoms with Crippen LogP contribution in [0.25, 0.3) is 0 Å². The molecule has 0 aliphatic carbocycles. The average Bonchev–Trinajstić information content (AvgIpc) is 2.36. The highest BCUT2D eigenvalue weighted by Gasteiger charge is 2.08. The van der Waals surface area contributed by atoms with Crippen molar-refractivity contribution in [1.82, 2.24) is 9.97 Å². The van der Waals surface area contributed by atoms with E-state index in [0.29, 0.717) is 23.7 Å². The summed E-state index contributed by atoms with van der Waals surface area (Å²) in [5.41, 5.74) is 7.31. The van der Waals surface area contributed by atoms with Crippen molar-refractivity contribution in [3.8, 4) is 0 Å². The second-order valence-corrected chi connectivity index (χ2v) is 4.02. The lowest BCUT2D eigenvalue weighted by atomic mass is 10.2. The van der Waals surface area contributed by atoms with Gasteiger partial charge >= 0.3 is 0 Å². The first-order valence-electron chi connectivity index (χ1n) is 5.62. The molecule has 0 amide bonds. The van der Waals surface area contributed by atoms with Gasteiger partial charge in [-0.1, -0.05) is 0 Å². The maximum Gasteiger partial charge on any atom is 0.273 e. The standard InChI is InChI=1S/C12H13N5O2/c1-8-14-3-2-10(16-8)7-15-11-4-9(13)5-12(6-11)17(18)19/h2-6,15H,7,13H2,1H3. The van der Waals surface area contributed by atoms with Crippen LogP contribution in [0.2, 0.25) is 0 Å². The minimum atomic E-state index is -0.476. The van der Waals surface area contributed by atoms with Crippen molar-refractivity contribution in [2.24, 2.45) is 0 Å². The van der Waals surface area contributed by atoms with Crippen molar-refractivity contribution >= 4 is 17.1 Å². The lowest BCUT2D eigenvalue weighted by Gasteiger charge is -2.07. The number of aromatic nitrogens is 2. The molecule has 1 aromatic heterocycles. The number of anilines is 2. The third-order valence-corrected chi connectivity index (χ3v) is 2.46. The third kappa shape index (κ3) is 3.38. The van der Waals surface area contributed by atoms with E-state index >= 15 is 0 Å². The molecule has 0 unspecified atom stereocenters. The maximum atomic E-state index is 10.7. The molecule has 0 bridgehead atoms. The molecule has 7 heteroatoms. The summed E-state index contributed by atoms with van der Waals surface area (Å²) in [5, 5.41) is 13.8. The number of benzene rings is 1. The topological polar surface area (TPSA) is 107 Å². The minimum Gasteiger partial charge on any atom is -0.398 e. The average molecular weight is 259 g/mol. The number of rotatable bonds is 4. The summed E-state index contributed by atoms with van der Waals surface area (Å²) in [6.07, 6.45) is 1.67. The second-order valence-electron chi connectivity index (χ2n) is 4.02. The Morgan fingerprint density at radius 2 is 2.21 bits per heavy atom.